The second-order valence-electron chi connectivity index (χ2n) is 1.48. The number of nitrogens with zero attached hydrogens (tertiary/aromatic N) is 1. The molecule has 1 heterocycles. The Balaban J connectivity index is 2.58. The van der Waals surface area contributed by atoms with Gasteiger partial charge in [0.05, 0.1) is 11.1 Å². The largest absolute Gasteiger partial charge is 0.244 e. The highest BCUT2D eigenvalue weighted by molar-refractivity contribution is 5.01. The van der Waals surface area contributed by atoms with Gasteiger partial charge in [0.15, 0.2) is 0 Å². The Kier molecular flexibility index (Phi) is 1.42. The molecule has 42 valence electrons. The van der Waals surface area contributed by atoms with Crippen molar-refractivity contribution in [3.8, 4) is 0 Å². The molecule has 0 saturated carbocycles. The summed E-state index contributed by atoms with van der Waals surface area (Å²) in [5.74, 6) is 0. The van der Waals surface area contributed by atoms with E-state index in [-0.39, 0.29) is 0 Å². The van der Waals surface area contributed by atoms with Crippen LogP contribution >= 0.6 is 0 Å². The van der Waals surface area contributed by atoms with Crippen molar-refractivity contribution in [3.63, 3.8) is 0 Å². The molecule has 0 aliphatic carbocycles. The maximum atomic E-state index is 10.4. The fourth-order valence-electron chi connectivity index (χ4n) is 0.470. The van der Waals surface area contributed by atoms with Gasteiger partial charge in [-0.25, -0.2) is 0 Å². The lowest BCUT2D eigenvalue weighted by molar-refractivity contribution is -0.587. The van der Waals surface area contributed by atoms with E-state index < -0.39 is 0 Å². The Bertz CT molecular complexity index is 133. The first-order chi connectivity index (χ1) is 3.89. The average Bonchev–Trinajstić information content (AvgIpc) is 1.94. The predicted octanol–water partition coefficient (Wildman–Crippen LogP) is 0.353. The minimum atomic E-state index is 0.410. The van der Waals surface area contributed by atoms with Crippen LogP contribution in [0.5, 0.6) is 0 Å². The first-order valence-corrected chi connectivity index (χ1v) is 2.42. The van der Waals surface area contributed by atoms with Crippen molar-refractivity contribution in [2.24, 2.45) is 0 Å². The van der Waals surface area contributed by atoms with E-state index in [4.69, 9.17) is 0 Å². The third-order valence-electron chi connectivity index (χ3n) is 0.833. The van der Waals surface area contributed by atoms with Gasteiger partial charge in [-0.3, -0.25) is 0 Å². The fourth-order valence-corrected chi connectivity index (χ4v) is 0.470. The van der Waals surface area contributed by atoms with Crippen molar-refractivity contribution < 1.29 is 4.87 Å². The van der Waals surface area contributed by atoms with Crippen molar-refractivity contribution in [2.45, 2.75) is 0 Å². The number of hydrogen-bond donors (Lipinski definition) is 1. The molecular formula is C5H7N2O+. The van der Waals surface area contributed by atoms with Gasteiger partial charge in [0.25, 0.3) is 0 Å². The van der Waals surface area contributed by atoms with Gasteiger partial charge >= 0.3 is 0 Å². The molecular weight excluding hydrogens is 104 g/mol. The summed E-state index contributed by atoms with van der Waals surface area (Å²) in [6, 6.07) is 0. The molecule has 0 spiro atoms. The Morgan fingerprint density at radius 3 is 3.25 bits per heavy atom. The van der Waals surface area contributed by atoms with E-state index in [2.05, 4.69) is 5.43 Å². The van der Waals surface area contributed by atoms with E-state index >= 15 is 0 Å². The molecule has 0 aromatic rings. The van der Waals surface area contributed by atoms with Gasteiger partial charge in [-0.2, -0.15) is 0 Å². The van der Waals surface area contributed by atoms with Crippen LogP contribution in [0.25, 0.3) is 0 Å². The maximum absolute atomic E-state index is 10.4. The predicted molar refractivity (Wildman–Crippen MR) is 29.9 cm³/mol. The smallest absolute Gasteiger partial charge is 0.128 e. The van der Waals surface area contributed by atoms with E-state index in [9.17, 15) is 4.91 Å². The number of rotatable bonds is 0. The van der Waals surface area contributed by atoms with Crippen LogP contribution in [0.3, 0.4) is 0 Å². The molecule has 0 bridgehead atoms. The van der Waals surface area contributed by atoms with Crippen molar-refractivity contribution in [2.75, 3.05) is 6.54 Å². The first-order valence-electron chi connectivity index (χ1n) is 2.42. The van der Waals surface area contributed by atoms with Crippen molar-refractivity contribution in [1.82, 2.24) is 5.43 Å². The van der Waals surface area contributed by atoms with Crippen LogP contribution in [0.15, 0.2) is 24.4 Å². The van der Waals surface area contributed by atoms with Gasteiger partial charge in [0, 0.05) is 0 Å². The molecule has 1 N–H and O–H groups in total. The molecule has 0 atom stereocenters. The van der Waals surface area contributed by atoms with Crippen molar-refractivity contribution >= 4 is 0 Å². The molecule has 0 aromatic carbocycles. The second-order valence-corrected chi connectivity index (χ2v) is 1.48. The zero-order valence-corrected chi connectivity index (χ0v) is 4.37. The Morgan fingerprint density at radius 2 is 2.38 bits per heavy atom. The molecule has 0 fully saturated rings. The van der Waals surface area contributed by atoms with Crippen LogP contribution in [0, 0.1) is 4.91 Å². The van der Waals surface area contributed by atoms with Crippen molar-refractivity contribution in [3.05, 3.63) is 29.3 Å². The van der Waals surface area contributed by atoms with Gasteiger partial charge in [-0.1, -0.05) is 6.08 Å². The van der Waals surface area contributed by atoms with E-state index in [0.717, 1.165) is 4.87 Å². The Morgan fingerprint density at radius 1 is 1.50 bits per heavy atom. The third-order valence-corrected chi connectivity index (χ3v) is 0.833. The van der Waals surface area contributed by atoms with Crippen LogP contribution in [0.2, 0.25) is 0 Å². The minimum Gasteiger partial charge on any atom is -0.128 e. The SMILES string of the molecule is O=[N+]1CC=CC=CN1. The van der Waals surface area contributed by atoms with E-state index in [1.807, 2.05) is 6.08 Å². The van der Waals surface area contributed by atoms with Crippen molar-refractivity contribution in [1.29, 1.82) is 0 Å². The molecule has 8 heavy (non-hydrogen) atoms. The second kappa shape index (κ2) is 2.26. The van der Waals surface area contributed by atoms with Crippen LogP contribution < -0.4 is 5.43 Å². The monoisotopic (exact) mass is 111 g/mol. The number of hydrogen-bond acceptors (Lipinski definition) is 1. The van der Waals surface area contributed by atoms with Crippen LogP contribution in [-0.2, 0) is 0 Å². The highest BCUT2D eigenvalue weighted by atomic mass is 16.3. The zero-order chi connectivity index (χ0) is 5.82. The first kappa shape index (κ1) is 5.03. The van der Waals surface area contributed by atoms with E-state index in [0.29, 0.717) is 6.54 Å². The molecule has 0 saturated heterocycles. The molecule has 1 aliphatic heterocycles. The average molecular weight is 111 g/mol. The number of nitroso groups, excluding NO2 is 1. The van der Waals surface area contributed by atoms with Gasteiger partial charge < -0.3 is 0 Å². The molecule has 0 radical (unpaired) electrons. The van der Waals surface area contributed by atoms with Gasteiger partial charge in [0.1, 0.15) is 4.87 Å². The molecule has 1 aliphatic rings. The number of nitrogens with one attached hydrogen (secondary N) is 1. The molecule has 0 aromatic heterocycles. The normalized spacial score (nSPS) is 17.8. The summed E-state index contributed by atoms with van der Waals surface area (Å²) in [6.07, 6.45) is 6.98. The minimum absolute atomic E-state index is 0.410. The standard InChI is InChI=1S/C5H7N2O/c8-7-5-3-1-2-4-6-7/h1-4H,5H2,(H,6,8)/q+1. The highest BCUT2D eigenvalue weighted by Gasteiger charge is 2.00. The summed E-state index contributed by atoms with van der Waals surface area (Å²) in [5.41, 5.74) is 2.48. The quantitative estimate of drug-likeness (QED) is 0.457. The van der Waals surface area contributed by atoms with Gasteiger partial charge in [-0.05, 0) is 12.2 Å². The fraction of sp³-hybridized carbons (Fsp3) is 0.200. The topological polar surface area (TPSA) is 32.1 Å². The van der Waals surface area contributed by atoms with Gasteiger partial charge in [0.2, 0.25) is 6.54 Å². The van der Waals surface area contributed by atoms with Crippen LogP contribution in [0.4, 0.5) is 0 Å². The van der Waals surface area contributed by atoms with Crippen LogP contribution in [-0.4, -0.2) is 11.4 Å². The highest BCUT2D eigenvalue weighted by Crippen LogP contribution is 1.81. The lowest BCUT2D eigenvalue weighted by Crippen LogP contribution is -2.19. The number of allylic oxidation sites excluding steroid dienone is 2. The summed E-state index contributed by atoms with van der Waals surface area (Å²) in [6.45, 7) is 0.410. The number of hydrazine groups is 1. The van der Waals surface area contributed by atoms with Crippen LogP contribution in [0.1, 0.15) is 0 Å². The lowest BCUT2D eigenvalue weighted by atomic mass is 10.5. The molecule has 3 nitrogen and oxygen atoms in total. The third kappa shape index (κ3) is 1.18. The lowest BCUT2D eigenvalue weighted by Gasteiger charge is -1.79. The van der Waals surface area contributed by atoms with Gasteiger partial charge in [-0.15, -0.1) is 5.43 Å². The molecule has 3 heteroatoms. The summed E-state index contributed by atoms with van der Waals surface area (Å²) >= 11 is 0. The maximum Gasteiger partial charge on any atom is 0.244 e. The summed E-state index contributed by atoms with van der Waals surface area (Å²) < 4.78 is 0. The summed E-state index contributed by atoms with van der Waals surface area (Å²) in [7, 11) is 0. The molecule has 0 unspecified atom stereocenters. The van der Waals surface area contributed by atoms with E-state index in [1.54, 1.807) is 18.4 Å². The summed E-state index contributed by atoms with van der Waals surface area (Å²) in [5, 5.41) is 0. The zero-order valence-electron chi connectivity index (χ0n) is 4.37. The molecule has 0 amide bonds. The van der Waals surface area contributed by atoms with E-state index in [1.165, 1.54) is 0 Å². The Labute approximate surface area is 47.2 Å². The Hall–Kier alpha value is -1.12. The summed E-state index contributed by atoms with van der Waals surface area (Å²) in [4.78, 5) is 11.1. The molecule has 1 rings (SSSR count).